The summed E-state index contributed by atoms with van der Waals surface area (Å²) in [5.41, 5.74) is 9.58. The molecule has 1 amide bonds. The van der Waals surface area contributed by atoms with Gasteiger partial charge in [0.1, 0.15) is 0 Å². The van der Waals surface area contributed by atoms with Gasteiger partial charge in [-0.2, -0.15) is 0 Å². The minimum Gasteiger partial charge on any atom is -0.327 e. The van der Waals surface area contributed by atoms with Gasteiger partial charge in [0.25, 0.3) is 0 Å². The molecular formula is C18H26N2O. The fraction of sp³-hybridized carbons (Fsp3) is 0.611. The second-order valence-corrected chi connectivity index (χ2v) is 7.00. The quantitative estimate of drug-likeness (QED) is 0.875. The SMILES string of the molecule is Cc1ccc(C)c(NC(=O)C2CC3CCCC(C2)C3N)c1. The molecule has 114 valence electrons. The van der Waals surface area contributed by atoms with Crippen molar-refractivity contribution in [3.05, 3.63) is 29.3 Å². The van der Waals surface area contributed by atoms with Crippen molar-refractivity contribution in [2.75, 3.05) is 5.32 Å². The van der Waals surface area contributed by atoms with Crippen molar-refractivity contribution in [2.45, 2.75) is 52.0 Å². The Balaban J connectivity index is 1.70. The number of benzene rings is 1. The number of hydrogen-bond donors (Lipinski definition) is 2. The average molecular weight is 286 g/mol. The Kier molecular flexibility index (Phi) is 4.03. The third kappa shape index (κ3) is 2.98. The van der Waals surface area contributed by atoms with Crippen LogP contribution in [0.3, 0.4) is 0 Å². The molecule has 1 aromatic carbocycles. The van der Waals surface area contributed by atoms with Crippen molar-refractivity contribution < 1.29 is 4.79 Å². The van der Waals surface area contributed by atoms with Gasteiger partial charge >= 0.3 is 0 Å². The third-order valence-electron chi connectivity index (χ3n) is 5.43. The van der Waals surface area contributed by atoms with Gasteiger partial charge in [-0.1, -0.05) is 18.6 Å². The third-order valence-corrected chi connectivity index (χ3v) is 5.43. The van der Waals surface area contributed by atoms with Crippen molar-refractivity contribution in [3.63, 3.8) is 0 Å². The van der Waals surface area contributed by atoms with E-state index < -0.39 is 0 Å². The van der Waals surface area contributed by atoms with Crippen LogP contribution < -0.4 is 11.1 Å². The van der Waals surface area contributed by atoms with Crippen LogP contribution in [0.15, 0.2) is 18.2 Å². The molecule has 2 aliphatic carbocycles. The second-order valence-electron chi connectivity index (χ2n) is 7.00. The fourth-order valence-corrected chi connectivity index (χ4v) is 4.11. The Labute approximate surface area is 127 Å². The molecule has 2 aliphatic rings. The molecule has 2 atom stereocenters. The van der Waals surface area contributed by atoms with Gasteiger partial charge in [-0.3, -0.25) is 4.79 Å². The van der Waals surface area contributed by atoms with E-state index in [2.05, 4.69) is 30.4 Å². The fourth-order valence-electron chi connectivity index (χ4n) is 4.11. The number of carbonyl (C=O) groups is 1. The van der Waals surface area contributed by atoms with Crippen molar-refractivity contribution >= 4 is 11.6 Å². The maximum atomic E-state index is 12.6. The number of hydrogen-bond acceptors (Lipinski definition) is 2. The Morgan fingerprint density at radius 1 is 1.19 bits per heavy atom. The zero-order valence-electron chi connectivity index (χ0n) is 13.1. The lowest BCUT2D eigenvalue weighted by molar-refractivity contribution is -0.122. The molecule has 2 saturated carbocycles. The van der Waals surface area contributed by atoms with E-state index in [1.807, 2.05) is 6.92 Å². The lowest BCUT2D eigenvalue weighted by Gasteiger charge is -2.43. The van der Waals surface area contributed by atoms with Crippen LogP contribution in [0.1, 0.15) is 43.2 Å². The molecule has 0 saturated heterocycles. The summed E-state index contributed by atoms with van der Waals surface area (Å²) in [4.78, 5) is 12.6. The van der Waals surface area contributed by atoms with Crippen LogP contribution in [0.25, 0.3) is 0 Å². The Morgan fingerprint density at radius 3 is 2.52 bits per heavy atom. The molecule has 1 aromatic rings. The number of fused-ring (bicyclic) bond motifs is 2. The van der Waals surface area contributed by atoms with E-state index in [1.165, 1.54) is 24.8 Å². The first kappa shape index (κ1) is 14.6. The zero-order valence-corrected chi connectivity index (χ0v) is 13.1. The lowest BCUT2D eigenvalue weighted by atomic mass is 9.65. The van der Waals surface area contributed by atoms with E-state index in [-0.39, 0.29) is 11.8 Å². The predicted octanol–water partition coefficient (Wildman–Crippen LogP) is 3.40. The van der Waals surface area contributed by atoms with Gasteiger partial charge in [0, 0.05) is 17.6 Å². The molecule has 2 fully saturated rings. The van der Waals surface area contributed by atoms with Gasteiger partial charge in [0.15, 0.2) is 0 Å². The minimum atomic E-state index is 0.139. The predicted molar refractivity (Wildman–Crippen MR) is 86.1 cm³/mol. The van der Waals surface area contributed by atoms with Gasteiger partial charge in [-0.05, 0) is 68.6 Å². The average Bonchev–Trinajstić information content (AvgIpc) is 2.42. The maximum Gasteiger partial charge on any atom is 0.227 e. The summed E-state index contributed by atoms with van der Waals surface area (Å²) in [6.07, 6.45) is 5.62. The molecule has 21 heavy (non-hydrogen) atoms. The number of aryl methyl sites for hydroxylation is 2. The molecule has 3 N–H and O–H groups in total. The normalized spacial score (nSPS) is 31.8. The molecule has 0 aromatic heterocycles. The van der Waals surface area contributed by atoms with Crippen molar-refractivity contribution in [1.82, 2.24) is 0 Å². The molecule has 0 aliphatic heterocycles. The van der Waals surface area contributed by atoms with Crippen LogP contribution in [-0.4, -0.2) is 11.9 Å². The van der Waals surface area contributed by atoms with Crippen LogP contribution in [0.5, 0.6) is 0 Å². The van der Waals surface area contributed by atoms with Gasteiger partial charge in [-0.25, -0.2) is 0 Å². The highest BCUT2D eigenvalue weighted by Gasteiger charge is 2.40. The molecule has 2 unspecified atom stereocenters. The Bertz CT molecular complexity index is 526. The molecule has 2 bridgehead atoms. The van der Waals surface area contributed by atoms with E-state index in [0.29, 0.717) is 17.9 Å². The lowest BCUT2D eigenvalue weighted by Crippen LogP contribution is -2.48. The first-order chi connectivity index (χ1) is 10.0. The first-order valence-electron chi connectivity index (χ1n) is 8.18. The summed E-state index contributed by atoms with van der Waals surface area (Å²) in [5, 5.41) is 3.15. The number of amides is 1. The van der Waals surface area contributed by atoms with Gasteiger partial charge in [0.05, 0.1) is 0 Å². The van der Waals surface area contributed by atoms with Gasteiger partial charge < -0.3 is 11.1 Å². The Hall–Kier alpha value is -1.35. The number of nitrogens with one attached hydrogen (secondary N) is 1. The Morgan fingerprint density at radius 2 is 1.86 bits per heavy atom. The molecule has 0 radical (unpaired) electrons. The number of nitrogens with two attached hydrogens (primary N) is 1. The zero-order chi connectivity index (χ0) is 15.0. The van der Waals surface area contributed by atoms with Crippen molar-refractivity contribution in [2.24, 2.45) is 23.5 Å². The number of carbonyl (C=O) groups excluding carboxylic acids is 1. The highest BCUT2D eigenvalue weighted by Crippen LogP contribution is 2.42. The second kappa shape index (κ2) is 5.80. The smallest absolute Gasteiger partial charge is 0.227 e. The maximum absolute atomic E-state index is 12.6. The first-order valence-corrected chi connectivity index (χ1v) is 8.18. The van der Waals surface area contributed by atoms with E-state index in [0.717, 1.165) is 24.1 Å². The summed E-state index contributed by atoms with van der Waals surface area (Å²) in [7, 11) is 0. The summed E-state index contributed by atoms with van der Waals surface area (Å²) in [6, 6.07) is 6.53. The highest BCUT2D eigenvalue weighted by molar-refractivity contribution is 5.93. The number of anilines is 1. The summed E-state index contributed by atoms with van der Waals surface area (Å²) in [5.74, 6) is 1.42. The molecular weight excluding hydrogens is 260 g/mol. The van der Waals surface area contributed by atoms with Crippen LogP contribution >= 0.6 is 0 Å². The van der Waals surface area contributed by atoms with Crippen molar-refractivity contribution in [1.29, 1.82) is 0 Å². The summed E-state index contributed by atoms with van der Waals surface area (Å²) < 4.78 is 0. The monoisotopic (exact) mass is 286 g/mol. The van der Waals surface area contributed by atoms with E-state index >= 15 is 0 Å². The molecule has 3 nitrogen and oxygen atoms in total. The van der Waals surface area contributed by atoms with E-state index in [4.69, 9.17) is 5.73 Å². The van der Waals surface area contributed by atoms with Crippen LogP contribution in [-0.2, 0) is 4.79 Å². The van der Waals surface area contributed by atoms with Crippen molar-refractivity contribution in [3.8, 4) is 0 Å². The topological polar surface area (TPSA) is 55.1 Å². The molecule has 0 heterocycles. The van der Waals surface area contributed by atoms with Gasteiger partial charge in [0.2, 0.25) is 5.91 Å². The molecule has 0 spiro atoms. The largest absolute Gasteiger partial charge is 0.327 e. The minimum absolute atomic E-state index is 0.139. The summed E-state index contributed by atoms with van der Waals surface area (Å²) in [6.45, 7) is 4.10. The number of rotatable bonds is 2. The van der Waals surface area contributed by atoms with Gasteiger partial charge in [-0.15, -0.1) is 0 Å². The standard InChI is InChI=1S/C18H26N2O/c1-11-6-7-12(2)16(8-11)20-18(21)15-9-13-4-3-5-14(10-15)17(13)19/h6-8,13-15,17H,3-5,9-10,19H2,1-2H3,(H,20,21). The molecule has 3 rings (SSSR count). The molecule has 3 heteroatoms. The van der Waals surface area contributed by atoms with Crippen LogP contribution in [0, 0.1) is 31.6 Å². The van der Waals surface area contributed by atoms with E-state index in [9.17, 15) is 4.79 Å². The summed E-state index contributed by atoms with van der Waals surface area (Å²) >= 11 is 0. The van der Waals surface area contributed by atoms with Crippen LogP contribution in [0.2, 0.25) is 0 Å². The van der Waals surface area contributed by atoms with E-state index in [1.54, 1.807) is 0 Å². The highest BCUT2D eigenvalue weighted by atomic mass is 16.1. The van der Waals surface area contributed by atoms with Crippen LogP contribution in [0.4, 0.5) is 5.69 Å².